The Bertz CT molecular complexity index is 404. The van der Waals surface area contributed by atoms with Crippen molar-refractivity contribution in [3.05, 3.63) is 18.2 Å². The molecule has 1 aliphatic rings. The molecule has 0 saturated carbocycles. The van der Waals surface area contributed by atoms with Gasteiger partial charge in [-0.1, -0.05) is 0 Å². The summed E-state index contributed by atoms with van der Waals surface area (Å²) in [4.78, 5) is 2.30. The molecule has 4 heteroatoms. The molecule has 2 N–H and O–H groups in total. The SMILES string of the molecule is COc1cc(N2CCOC(C)(C)C2)ccc1N. The minimum Gasteiger partial charge on any atom is -0.495 e. The molecule has 1 heterocycles. The van der Waals surface area contributed by atoms with E-state index in [9.17, 15) is 0 Å². The maximum absolute atomic E-state index is 5.81. The third kappa shape index (κ3) is 2.64. The number of nitrogen functional groups attached to an aromatic ring is 1. The molecule has 2 rings (SSSR count). The van der Waals surface area contributed by atoms with Crippen molar-refractivity contribution < 1.29 is 9.47 Å². The molecule has 0 amide bonds. The third-order valence-corrected chi connectivity index (χ3v) is 3.01. The van der Waals surface area contributed by atoms with E-state index in [1.54, 1.807) is 7.11 Å². The second-order valence-corrected chi connectivity index (χ2v) is 4.96. The first-order chi connectivity index (χ1) is 8.02. The van der Waals surface area contributed by atoms with Gasteiger partial charge in [0.2, 0.25) is 0 Å². The predicted molar refractivity (Wildman–Crippen MR) is 69.7 cm³/mol. The van der Waals surface area contributed by atoms with E-state index in [-0.39, 0.29) is 5.60 Å². The van der Waals surface area contributed by atoms with Crippen LogP contribution in [0.25, 0.3) is 0 Å². The van der Waals surface area contributed by atoms with Crippen LogP contribution in [0.5, 0.6) is 5.75 Å². The number of methoxy groups -OCH3 is 1. The van der Waals surface area contributed by atoms with E-state index < -0.39 is 0 Å². The minimum absolute atomic E-state index is 0.104. The number of nitrogens with zero attached hydrogens (tertiary/aromatic N) is 1. The van der Waals surface area contributed by atoms with Crippen LogP contribution < -0.4 is 15.4 Å². The van der Waals surface area contributed by atoms with Crippen molar-refractivity contribution in [3.8, 4) is 5.75 Å². The topological polar surface area (TPSA) is 47.7 Å². The largest absolute Gasteiger partial charge is 0.495 e. The molecule has 0 radical (unpaired) electrons. The highest BCUT2D eigenvalue weighted by Crippen LogP contribution is 2.29. The molecule has 1 saturated heterocycles. The Hall–Kier alpha value is -1.42. The smallest absolute Gasteiger partial charge is 0.143 e. The van der Waals surface area contributed by atoms with Crippen LogP contribution in [0, 0.1) is 0 Å². The number of rotatable bonds is 2. The van der Waals surface area contributed by atoms with Gasteiger partial charge in [-0.25, -0.2) is 0 Å². The van der Waals surface area contributed by atoms with Gasteiger partial charge in [0.25, 0.3) is 0 Å². The third-order valence-electron chi connectivity index (χ3n) is 3.01. The Balaban J connectivity index is 2.22. The molecule has 17 heavy (non-hydrogen) atoms. The number of morpholine rings is 1. The summed E-state index contributed by atoms with van der Waals surface area (Å²) in [6.07, 6.45) is 0. The highest BCUT2D eigenvalue weighted by molar-refractivity contribution is 5.62. The van der Waals surface area contributed by atoms with E-state index in [0.29, 0.717) is 5.69 Å². The van der Waals surface area contributed by atoms with Gasteiger partial charge in [-0.3, -0.25) is 0 Å². The summed E-state index contributed by atoms with van der Waals surface area (Å²) >= 11 is 0. The standard InChI is InChI=1S/C13H20N2O2/c1-13(2)9-15(6-7-17-13)10-4-5-11(14)12(8-10)16-3/h4-5,8H,6-7,9,14H2,1-3H3. The van der Waals surface area contributed by atoms with Crippen LogP contribution in [0.3, 0.4) is 0 Å². The van der Waals surface area contributed by atoms with Crippen LogP contribution in [-0.4, -0.2) is 32.4 Å². The quantitative estimate of drug-likeness (QED) is 0.797. The Morgan fingerprint density at radius 3 is 2.82 bits per heavy atom. The zero-order chi connectivity index (χ0) is 12.5. The number of nitrogens with two attached hydrogens (primary N) is 1. The van der Waals surface area contributed by atoms with Crippen molar-refractivity contribution in [3.63, 3.8) is 0 Å². The molecular weight excluding hydrogens is 216 g/mol. The first-order valence-corrected chi connectivity index (χ1v) is 5.84. The van der Waals surface area contributed by atoms with Crippen molar-refractivity contribution in [2.24, 2.45) is 0 Å². The summed E-state index contributed by atoms with van der Waals surface area (Å²) in [5.41, 5.74) is 7.51. The Morgan fingerprint density at radius 2 is 2.18 bits per heavy atom. The first kappa shape index (κ1) is 12.0. The number of ether oxygens (including phenoxy) is 2. The molecule has 1 aliphatic heterocycles. The average molecular weight is 236 g/mol. The molecule has 0 spiro atoms. The number of anilines is 2. The maximum Gasteiger partial charge on any atom is 0.143 e. The molecule has 1 fully saturated rings. The van der Waals surface area contributed by atoms with Gasteiger partial charge < -0.3 is 20.1 Å². The second-order valence-electron chi connectivity index (χ2n) is 4.96. The predicted octanol–water partition coefficient (Wildman–Crippen LogP) is 1.89. The molecule has 0 aromatic heterocycles. The van der Waals surface area contributed by atoms with Gasteiger partial charge in [0.05, 0.1) is 25.0 Å². The van der Waals surface area contributed by atoms with Gasteiger partial charge >= 0.3 is 0 Å². The maximum atomic E-state index is 5.81. The van der Waals surface area contributed by atoms with E-state index in [4.69, 9.17) is 15.2 Å². The van der Waals surface area contributed by atoms with Crippen LogP contribution in [0.2, 0.25) is 0 Å². The zero-order valence-electron chi connectivity index (χ0n) is 10.7. The molecule has 0 unspecified atom stereocenters. The summed E-state index contributed by atoms with van der Waals surface area (Å²) < 4.78 is 10.9. The lowest BCUT2D eigenvalue weighted by atomic mass is 10.1. The van der Waals surface area contributed by atoms with Crippen LogP contribution in [0.4, 0.5) is 11.4 Å². The first-order valence-electron chi connectivity index (χ1n) is 5.84. The molecule has 0 bridgehead atoms. The van der Waals surface area contributed by atoms with Gasteiger partial charge in [0.1, 0.15) is 5.75 Å². The fourth-order valence-corrected chi connectivity index (χ4v) is 2.13. The second kappa shape index (κ2) is 4.45. The minimum atomic E-state index is -0.104. The molecule has 4 nitrogen and oxygen atoms in total. The van der Waals surface area contributed by atoms with Crippen molar-refractivity contribution >= 4 is 11.4 Å². The van der Waals surface area contributed by atoms with E-state index in [1.165, 1.54) is 0 Å². The molecule has 0 aliphatic carbocycles. The lowest BCUT2D eigenvalue weighted by molar-refractivity contribution is -0.0277. The molecule has 1 aromatic carbocycles. The van der Waals surface area contributed by atoms with Crippen LogP contribution in [-0.2, 0) is 4.74 Å². The summed E-state index contributed by atoms with van der Waals surface area (Å²) in [6, 6.07) is 5.90. The molecule has 0 atom stereocenters. The summed E-state index contributed by atoms with van der Waals surface area (Å²) in [6.45, 7) is 6.73. The number of benzene rings is 1. The fourth-order valence-electron chi connectivity index (χ4n) is 2.13. The fraction of sp³-hybridized carbons (Fsp3) is 0.538. The highest BCUT2D eigenvalue weighted by Gasteiger charge is 2.27. The van der Waals surface area contributed by atoms with Crippen LogP contribution in [0.1, 0.15) is 13.8 Å². The summed E-state index contributed by atoms with van der Waals surface area (Å²) in [7, 11) is 1.64. The van der Waals surface area contributed by atoms with Crippen LogP contribution >= 0.6 is 0 Å². The Morgan fingerprint density at radius 1 is 1.41 bits per heavy atom. The molecule has 1 aromatic rings. The zero-order valence-corrected chi connectivity index (χ0v) is 10.7. The normalized spacial score (nSPS) is 19.1. The van der Waals surface area contributed by atoms with Crippen molar-refractivity contribution in [1.29, 1.82) is 0 Å². The average Bonchev–Trinajstić information content (AvgIpc) is 2.28. The van der Waals surface area contributed by atoms with E-state index in [1.807, 2.05) is 18.2 Å². The van der Waals surface area contributed by atoms with Gasteiger partial charge in [-0.15, -0.1) is 0 Å². The lowest BCUT2D eigenvalue weighted by Crippen LogP contribution is -2.48. The van der Waals surface area contributed by atoms with Crippen LogP contribution in [0.15, 0.2) is 18.2 Å². The van der Waals surface area contributed by atoms with E-state index in [0.717, 1.165) is 31.1 Å². The summed E-state index contributed by atoms with van der Waals surface area (Å²) in [5, 5.41) is 0. The van der Waals surface area contributed by atoms with Gasteiger partial charge in [0, 0.05) is 24.8 Å². The van der Waals surface area contributed by atoms with Gasteiger partial charge in [0.15, 0.2) is 0 Å². The van der Waals surface area contributed by atoms with Gasteiger partial charge in [-0.2, -0.15) is 0 Å². The number of hydrogen-bond acceptors (Lipinski definition) is 4. The summed E-state index contributed by atoms with van der Waals surface area (Å²) in [5.74, 6) is 0.729. The number of hydrogen-bond donors (Lipinski definition) is 1. The Labute approximate surface area is 102 Å². The van der Waals surface area contributed by atoms with E-state index in [2.05, 4.69) is 18.7 Å². The van der Waals surface area contributed by atoms with Crippen molar-refractivity contribution in [1.82, 2.24) is 0 Å². The van der Waals surface area contributed by atoms with E-state index >= 15 is 0 Å². The molecule has 94 valence electrons. The lowest BCUT2D eigenvalue weighted by Gasteiger charge is -2.39. The van der Waals surface area contributed by atoms with Crippen molar-refractivity contribution in [2.45, 2.75) is 19.4 Å². The highest BCUT2D eigenvalue weighted by atomic mass is 16.5. The van der Waals surface area contributed by atoms with Gasteiger partial charge in [-0.05, 0) is 26.0 Å². The Kier molecular flexibility index (Phi) is 3.15. The molecular formula is C13H20N2O2. The van der Waals surface area contributed by atoms with Crippen molar-refractivity contribution in [2.75, 3.05) is 37.4 Å². The monoisotopic (exact) mass is 236 g/mol.